The highest BCUT2D eigenvalue weighted by atomic mass is 19.1. The standard InChI is InChI=1S/C17H12FNO3/c1-10-6-7-11-14(20)9-16(22-15(11)8-10)17(21)19-13-5-3-2-4-12(13)18/h2-9H,1H3,(H,19,21). The molecule has 0 aliphatic rings. The summed E-state index contributed by atoms with van der Waals surface area (Å²) >= 11 is 0. The highest BCUT2D eigenvalue weighted by Gasteiger charge is 2.14. The summed E-state index contributed by atoms with van der Waals surface area (Å²) < 4.78 is 19.0. The Balaban J connectivity index is 2.01. The van der Waals surface area contributed by atoms with Crippen molar-refractivity contribution in [2.24, 2.45) is 0 Å². The maximum absolute atomic E-state index is 13.5. The molecule has 1 aromatic heterocycles. The molecule has 0 bridgehead atoms. The van der Waals surface area contributed by atoms with Crippen molar-refractivity contribution in [1.29, 1.82) is 0 Å². The number of halogens is 1. The number of benzene rings is 2. The second kappa shape index (κ2) is 5.44. The van der Waals surface area contributed by atoms with Gasteiger partial charge in [0.25, 0.3) is 5.91 Å². The van der Waals surface area contributed by atoms with Gasteiger partial charge < -0.3 is 9.73 Å². The number of fused-ring (bicyclic) bond motifs is 1. The minimum absolute atomic E-state index is 0.0273. The average Bonchev–Trinajstić information content (AvgIpc) is 2.49. The van der Waals surface area contributed by atoms with Gasteiger partial charge in [0, 0.05) is 6.07 Å². The highest BCUT2D eigenvalue weighted by molar-refractivity contribution is 6.03. The summed E-state index contributed by atoms with van der Waals surface area (Å²) in [5.41, 5.74) is 0.938. The van der Waals surface area contributed by atoms with Crippen LogP contribution in [0.1, 0.15) is 16.1 Å². The van der Waals surface area contributed by atoms with Gasteiger partial charge >= 0.3 is 0 Å². The largest absolute Gasteiger partial charge is 0.451 e. The van der Waals surface area contributed by atoms with Crippen LogP contribution in [0.25, 0.3) is 11.0 Å². The maximum atomic E-state index is 13.5. The molecule has 110 valence electrons. The van der Waals surface area contributed by atoms with Crippen LogP contribution in [0.5, 0.6) is 0 Å². The Bertz CT molecular complexity index is 931. The minimum atomic E-state index is -0.675. The number of rotatable bonds is 2. The molecule has 0 aliphatic heterocycles. The topological polar surface area (TPSA) is 59.3 Å². The Morgan fingerprint density at radius 3 is 2.68 bits per heavy atom. The number of carbonyl (C=O) groups is 1. The number of aryl methyl sites for hydroxylation is 1. The lowest BCUT2D eigenvalue weighted by molar-refractivity contribution is 0.0996. The molecule has 3 rings (SSSR count). The van der Waals surface area contributed by atoms with Crippen LogP contribution in [0.3, 0.4) is 0 Å². The van der Waals surface area contributed by atoms with Crippen molar-refractivity contribution in [3.63, 3.8) is 0 Å². The van der Waals surface area contributed by atoms with Gasteiger partial charge in [0.15, 0.2) is 11.2 Å². The average molecular weight is 297 g/mol. The normalized spacial score (nSPS) is 10.6. The molecule has 0 atom stereocenters. The van der Waals surface area contributed by atoms with Gasteiger partial charge in [-0.3, -0.25) is 9.59 Å². The molecule has 0 aliphatic carbocycles. The molecule has 0 radical (unpaired) electrons. The lowest BCUT2D eigenvalue weighted by Gasteiger charge is -2.06. The first-order valence-electron chi connectivity index (χ1n) is 6.65. The predicted octanol–water partition coefficient (Wildman–Crippen LogP) is 3.49. The summed E-state index contributed by atoms with van der Waals surface area (Å²) in [4.78, 5) is 24.2. The Hall–Kier alpha value is -2.95. The Morgan fingerprint density at radius 1 is 1.14 bits per heavy atom. The molecule has 22 heavy (non-hydrogen) atoms. The molecule has 1 amide bonds. The Morgan fingerprint density at radius 2 is 1.91 bits per heavy atom. The molecule has 0 fully saturated rings. The maximum Gasteiger partial charge on any atom is 0.291 e. The van der Waals surface area contributed by atoms with Crippen molar-refractivity contribution in [2.45, 2.75) is 6.92 Å². The quantitative estimate of drug-likeness (QED) is 0.787. The fraction of sp³-hybridized carbons (Fsp3) is 0.0588. The summed E-state index contributed by atoms with van der Waals surface area (Å²) in [6.07, 6.45) is 0. The van der Waals surface area contributed by atoms with E-state index in [1.165, 1.54) is 18.2 Å². The van der Waals surface area contributed by atoms with Gasteiger partial charge in [-0.2, -0.15) is 0 Å². The van der Waals surface area contributed by atoms with Crippen molar-refractivity contribution >= 4 is 22.6 Å². The molecule has 4 nitrogen and oxygen atoms in total. The molecule has 2 aromatic carbocycles. The molecular formula is C17H12FNO3. The Labute approximate surface area is 125 Å². The van der Waals surface area contributed by atoms with Crippen LogP contribution in [0.2, 0.25) is 0 Å². The number of nitrogens with one attached hydrogen (secondary N) is 1. The van der Waals surface area contributed by atoms with Crippen LogP contribution < -0.4 is 10.7 Å². The van der Waals surface area contributed by atoms with Gasteiger partial charge in [0.2, 0.25) is 0 Å². The smallest absolute Gasteiger partial charge is 0.291 e. The number of carbonyl (C=O) groups excluding carboxylic acids is 1. The summed E-state index contributed by atoms with van der Waals surface area (Å²) in [5.74, 6) is -1.40. The fourth-order valence-corrected chi connectivity index (χ4v) is 2.12. The second-order valence-electron chi connectivity index (χ2n) is 4.91. The zero-order valence-corrected chi connectivity index (χ0v) is 11.7. The van der Waals surface area contributed by atoms with Gasteiger partial charge in [0.1, 0.15) is 11.4 Å². The third-order valence-electron chi connectivity index (χ3n) is 3.23. The van der Waals surface area contributed by atoms with Crippen LogP contribution >= 0.6 is 0 Å². The number of hydrogen-bond acceptors (Lipinski definition) is 3. The van der Waals surface area contributed by atoms with Gasteiger partial charge in [-0.1, -0.05) is 18.2 Å². The molecular weight excluding hydrogens is 285 g/mol. The molecule has 3 aromatic rings. The predicted molar refractivity (Wildman–Crippen MR) is 81.6 cm³/mol. The number of anilines is 1. The van der Waals surface area contributed by atoms with E-state index >= 15 is 0 Å². The van der Waals surface area contributed by atoms with Crippen LogP contribution in [0.4, 0.5) is 10.1 Å². The zero-order chi connectivity index (χ0) is 15.7. The van der Waals surface area contributed by atoms with Gasteiger partial charge in [0.05, 0.1) is 11.1 Å². The van der Waals surface area contributed by atoms with Crippen LogP contribution in [0.15, 0.2) is 57.7 Å². The number of hydrogen-bond donors (Lipinski definition) is 1. The third-order valence-corrected chi connectivity index (χ3v) is 3.23. The molecule has 1 heterocycles. The van der Waals surface area contributed by atoms with Crippen molar-refractivity contribution in [2.75, 3.05) is 5.32 Å². The van der Waals surface area contributed by atoms with E-state index in [1.807, 2.05) is 6.92 Å². The lowest BCUT2D eigenvalue weighted by Crippen LogP contribution is -2.15. The van der Waals surface area contributed by atoms with E-state index in [9.17, 15) is 14.0 Å². The van der Waals surface area contributed by atoms with Gasteiger partial charge in [-0.15, -0.1) is 0 Å². The van der Waals surface area contributed by atoms with Crippen molar-refractivity contribution < 1.29 is 13.6 Å². The van der Waals surface area contributed by atoms with Crippen LogP contribution in [-0.2, 0) is 0 Å². The van der Waals surface area contributed by atoms with E-state index in [1.54, 1.807) is 24.3 Å². The van der Waals surface area contributed by atoms with E-state index < -0.39 is 11.7 Å². The van der Waals surface area contributed by atoms with Crippen LogP contribution in [-0.4, -0.2) is 5.91 Å². The first-order chi connectivity index (χ1) is 10.5. The minimum Gasteiger partial charge on any atom is -0.451 e. The summed E-state index contributed by atoms with van der Waals surface area (Å²) in [6.45, 7) is 1.85. The van der Waals surface area contributed by atoms with Crippen molar-refractivity contribution in [1.82, 2.24) is 0 Å². The number of para-hydroxylation sites is 1. The number of amides is 1. The first-order valence-corrected chi connectivity index (χ1v) is 6.65. The summed E-state index contributed by atoms with van der Waals surface area (Å²) in [5, 5.41) is 2.78. The van der Waals surface area contributed by atoms with E-state index in [0.717, 1.165) is 11.6 Å². The molecule has 0 spiro atoms. The van der Waals surface area contributed by atoms with Gasteiger partial charge in [-0.25, -0.2) is 4.39 Å². The first kappa shape index (κ1) is 14.0. The lowest BCUT2D eigenvalue weighted by atomic mass is 10.1. The van der Waals surface area contributed by atoms with Crippen LogP contribution in [0, 0.1) is 12.7 Å². The monoisotopic (exact) mass is 297 g/mol. The molecule has 0 saturated heterocycles. The highest BCUT2D eigenvalue weighted by Crippen LogP contribution is 2.17. The summed E-state index contributed by atoms with van der Waals surface area (Å²) in [7, 11) is 0. The van der Waals surface area contributed by atoms with E-state index in [-0.39, 0.29) is 16.9 Å². The molecule has 1 N–H and O–H groups in total. The fourth-order valence-electron chi connectivity index (χ4n) is 2.12. The third kappa shape index (κ3) is 2.61. The molecule has 5 heteroatoms. The molecule has 0 saturated carbocycles. The summed E-state index contributed by atoms with van der Waals surface area (Å²) in [6, 6.07) is 12.0. The SMILES string of the molecule is Cc1ccc2c(=O)cc(C(=O)Nc3ccccc3F)oc2c1. The zero-order valence-electron chi connectivity index (χ0n) is 11.7. The Kier molecular flexibility index (Phi) is 3.47. The van der Waals surface area contributed by atoms with E-state index in [4.69, 9.17) is 4.42 Å². The molecule has 0 unspecified atom stereocenters. The van der Waals surface area contributed by atoms with Gasteiger partial charge in [-0.05, 0) is 36.8 Å². The van der Waals surface area contributed by atoms with E-state index in [0.29, 0.717) is 11.0 Å². The van der Waals surface area contributed by atoms with E-state index in [2.05, 4.69) is 5.32 Å². The van der Waals surface area contributed by atoms with Crippen molar-refractivity contribution in [3.8, 4) is 0 Å². The second-order valence-corrected chi connectivity index (χ2v) is 4.91. The van der Waals surface area contributed by atoms with Crippen molar-refractivity contribution in [3.05, 3.63) is 75.9 Å².